The maximum absolute atomic E-state index is 11.6. The highest BCUT2D eigenvalue weighted by Crippen LogP contribution is 2.25. The van der Waals surface area contributed by atoms with Gasteiger partial charge in [-0.1, -0.05) is 18.1 Å². The van der Waals surface area contributed by atoms with E-state index in [0.29, 0.717) is 17.4 Å². The number of hydrogen-bond donors (Lipinski definition) is 2. The minimum Gasteiger partial charge on any atom is -0.355 e. The Labute approximate surface area is 131 Å². The van der Waals surface area contributed by atoms with E-state index in [-0.39, 0.29) is 11.8 Å². The lowest BCUT2D eigenvalue weighted by Crippen LogP contribution is -2.33. The van der Waals surface area contributed by atoms with Gasteiger partial charge >= 0.3 is 0 Å². The van der Waals surface area contributed by atoms with Crippen molar-refractivity contribution in [3.8, 4) is 0 Å². The number of nitrogens with one attached hydrogen (secondary N) is 2. The summed E-state index contributed by atoms with van der Waals surface area (Å²) in [6.45, 7) is 1.53. The fourth-order valence-electron chi connectivity index (χ4n) is 2.62. The SMILES string of the molecule is O=C(CSCC(=O)NCC1CCC1)NCCC1=CCCC1. The van der Waals surface area contributed by atoms with Crippen molar-refractivity contribution in [3.63, 3.8) is 0 Å². The largest absolute Gasteiger partial charge is 0.355 e. The molecule has 2 amide bonds. The molecule has 1 saturated carbocycles. The van der Waals surface area contributed by atoms with Crippen molar-refractivity contribution in [2.24, 2.45) is 5.92 Å². The molecule has 21 heavy (non-hydrogen) atoms. The van der Waals surface area contributed by atoms with E-state index in [4.69, 9.17) is 0 Å². The van der Waals surface area contributed by atoms with E-state index in [1.54, 1.807) is 0 Å². The van der Waals surface area contributed by atoms with Crippen molar-refractivity contribution in [2.75, 3.05) is 24.6 Å². The standard InChI is InChI=1S/C16H26N2O2S/c19-15(17-9-8-13-4-1-2-5-13)11-21-12-16(20)18-10-14-6-3-7-14/h4,14H,1-3,5-12H2,(H,17,19)(H,18,20). The molecule has 0 aromatic carbocycles. The summed E-state index contributed by atoms with van der Waals surface area (Å²) in [5.41, 5.74) is 1.47. The monoisotopic (exact) mass is 310 g/mol. The molecule has 0 spiro atoms. The Morgan fingerprint density at radius 3 is 2.52 bits per heavy atom. The molecule has 2 aliphatic carbocycles. The van der Waals surface area contributed by atoms with Crippen LogP contribution < -0.4 is 10.6 Å². The summed E-state index contributed by atoms with van der Waals surface area (Å²) in [6.07, 6.45) is 10.7. The van der Waals surface area contributed by atoms with Gasteiger partial charge in [0.2, 0.25) is 11.8 Å². The highest BCUT2D eigenvalue weighted by molar-refractivity contribution is 8.00. The molecule has 0 aromatic heterocycles. The van der Waals surface area contributed by atoms with Crippen molar-refractivity contribution in [1.82, 2.24) is 10.6 Å². The van der Waals surface area contributed by atoms with Gasteiger partial charge in [-0.3, -0.25) is 9.59 Å². The average Bonchev–Trinajstić information content (AvgIpc) is 2.90. The van der Waals surface area contributed by atoms with Gasteiger partial charge in [-0.2, -0.15) is 0 Å². The van der Waals surface area contributed by atoms with E-state index in [9.17, 15) is 9.59 Å². The fraction of sp³-hybridized carbons (Fsp3) is 0.750. The zero-order chi connectivity index (χ0) is 14.9. The Morgan fingerprint density at radius 1 is 1.14 bits per heavy atom. The molecule has 0 bridgehead atoms. The Morgan fingerprint density at radius 2 is 1.90 bits per heavy atom. The topological polar surface area (TPSA) is 58.2 Å². The van der Waals surface area contributed by atoms with Crippen LogP contribution in [-0.4, -0.2) is 36.4 Å². The molecule has 0 unspecified atom stereocenters. The summed E-state index contributed by atoms with van der Waals surface area (Å²) < 4.78 is 0. The first kappa shape index (κ1) is 16.4. The number of carbonyl (C=O) groups excluding carboxylic acids is 2. The van der Waals surface area contributed by atoms with E-state index in [2.05, 4.69) is 16.7 Å². The molecule has 118 valence electrons. The van der Waals surface area contributed by atoms with Gasteiger partial charge in [-0.25, -0.2) is 0 Å². The molecular formula is C16H26N2O2S. The molecule has 0 aliphatic heterocycles. The lowest BCUT2D eigenvalue weighted by atomic mass is 9.85. The van der Waals surface area contributed by atoms with E-state index in [1.165, 1.54) is 55.9 Å². The van der Waals surface area contributed by atoms with Crippen LogP contribution in [0.1, 0.15) is 44.9 Å². The summed E-state index contributed by atoms with van der Waals surface area (Å²) in [5.74, 6) is 1.52. The molecule has 0 atom stereocenters. The molecule has 1 fully saturated rings. The number of hydrogen-bond acceptors (Lipinski definition) is 3. The Kier molecular flexibility index (Phi) is 7.13. The zero-order valence-corrected chi connectivity index (χ0v) is 13.5. The van der Waals surface area contributed by atoms with E-state index >= 15 is 0 Å². The van der Waals surface area contributed by atoms with Gasteiger partial charge < -0.3 is 10.6 Å². The molecule has 0 radical (unpaired) electrons. The highest BCUT2D eigenvalue weighted by atomic mass is 32.2. The minimum atomic E-state index is 0.0328. The molecule has 4 nitrogen and oxygen atoms in total. The maximum Gasteiger partial charge on any atom is 0.230 e. The predicted molar refractivity (Wildman–Crippen MR) is 87.2 cm³/mol. The second-order valence-corrected chi connectivity index (χ2v) is 6.93. The van der Waals surface area contributed by atoms with Crippen molar-refractivity contribution in [1.29, 1.82) is 0 Å². The summed E-state index contributed by atoms with van der Waals surface area (Å²) in [5, 5.41) is 5.86. The lowest BCUT2D eigenvalue weighted by Gasteiger charge is -2.25. The van der Waals surface area contributed by atoms with Gasteiger partial charge in [0.05, 0.1) is 11.5 Å². The van der Waals surface area contributed by atoms with E-state index < -0.39 is 0 Å². The Hall–Kier alpha value is -0.970. The van der Waals surface area contributed by atoms with Crippen LogP contribution in [0.5, 0.6) is 0 Å². The second-order valence-electron chi connectivity index (χ2n) is 5.95. The average molecular weight is 310 g/mol. The summed E-state index contributed by atoms with van der Waals surface area (Å²) in [6, 6.07) is 0. The van der Waals surface area contributed by atoms with Gasteiger partial charge in [-0.15, -0.1) is 11.8 Å². The van der Waals surface area contributed by atoms with Crippen LogP contribution in [0.2, 0.25) is 0 Å². The number of amides is 2. The molecule has 0 saturated heterocycles. The van der Waals surface area contributed by atoms with Crippen molar-refractivity contribution in [3.05, 3.63) is 11.6 Å². The van der Waals surface area contributed by atoms with Crippen molar-refractivity contribution < 1.29 is 9.59 Å². The molecule has 2 N–H and O–H groups in total. The molecular weight excluding hydrogens is 284 g/mol. The third-order valence-electron chi connectivity index (χ3n) is 4.18. The lowest BCUT2D eigenvalue weighted by molar-refractivity contribution is -0.119. The minimum absolute atomic E-state index is 0.0328. The first-order valence-corrected chi connectivity index (χ1v) is 9.18. The number of carbonyl (C=O) groups is 2. The fourth-order valence-corrected chi connectivity index (χ4v) is 3.30. The molecule has 0 aromatic rings. The number of allylic oxidation sites excluding steroid dienone is 1. The van der Waals surface area contributed by atoms with Gasteiger partial charge in [-0.05, 0) is 44.4 Å². The highest BCUT2D eigenvalue weighted by Gasteiger charge is 2.17. The van der Waals surface area contributed by atoms with Gasteiger partial charge in [0, 0.05) is 13.1 Å². The third-order valence-corrected chi connectivity index (χ3v) is 5.11. The zero-order valence-electron chi connectivity index (χ0n) is 12.7. The first-order valence-electron chi connectivity index (χ1n) is 8.03. The Bertz CT molecular complexity index is 392. The van der Waals surface area contributed by atoms with Gasteiger partial charge in [0.25, 0.3) is 0 Å². The van der Waals surface area contributed by atoms with Gasteiger partial charge in [0.1, 0.15) is 0 Å². The number of thioether (sulfide) groups is 1. The van der Waals surface area contributed by atoms with Crippen molar-refractivity contribution >= 4 is 23.6 Å². The number of rotatable bonds is 9. The van der Waals surface area contributed by atoms with Crippen molar-refractivity contribution in [2.45, 2.75) is 44.9 Å². The van der Waals surface area contributed by atoms with Crippen LogP contribution in [0, 0.1) is 5.92 Å². The summed E-state index contributed by atoms with van der Waals surface area (Å²) in [4.78, 5) is 23.2. The quantitative estimate of drug-likeness (QED) is 0.642. The third kappa shape index (κ3) is 6.55. The first-order chi connectivity index (χ1) is 10.2. The van der Waals surface area contributed by atoms with Crippen LogP contribution in [0.4, 0.5) is 0 Å². The van der Waals surface area contributed by atoms with Crippen LogP contribution in [0.3, 0.4) is 0 Å². The summed E-state index contributed by atoms with van der Waals surface area (Å²) in [7, 11) is 0. The van der Waals surface area contributed by atoms with Crippen LogP contribution in [-0.2, 0) is 9.59 Å². The Balaban J connectivity index is 1.43. The smallest absolute Gasteiger partial charge is 0.230 e. The van der Waals surface area contributed by atoms with Crippen LogP contribution >= 0.6 is 11.8 Å². The predicted octanol–water partition coefficient (Wildman–Crippen LogP) is 2.25. The summed E-state index contributed by atoms with van der Waals surface area (Å²) >= 11 is 1.39. The molecule has 2 rings (SSSR count). The normalized spacial score (nSPS) is 18.0. The molecule has 2 aliphatic rings. The molecule has 0 heterocycles. The van der Waals surface area contributed by atoms with Gasteiger partial charge in [0.15, 0.2) is 0 Å². The van der Waals surface area contributed by atoms with Crippen LogP contribution in [0.25, 0.3) is 0 Å². The van der Waals surface area contributed by atoms with E-state index in [1.807, 2.05) is 0 Å². The second kappa shape index (κ2) is 9.13. The maximum atomic E-state index is 11.6. The van der Waals surface area contributed by atoms with Crippen LogP contribution in [0.15, 0.2) is 11.6 Å². The van der Waals surface area contributed by atoms with E-state index in [0.717, 1.165) is 19.5 Å². The molecule has 5 heteroatoms.